The van der Waals surface area contributed by atoms with E-state index in [0.717, 1.165) is 10.8 Å². The zero-order chi connectivity index (χ0) is 13.1. The van der Waals surface area contributed by atoms with Crippen LogP contribution in [0.3, 0.4) is 0 Å². The number of hydrogen-bond donors (Lipinski definition) is 1. The Morgan fingerprint density at radius 1 is 1.39 bits per heavy atom. The zero-order valence-electron chi connectivity index (χ0n) is 10.3. The van der Waals surface area contributed by atoms with Gasteiger partial charge in [0.25, 0.3) is 5.91 Å². The normalized spacial score (nSPS) is 10.2. The van der Waals surface area contributed by atoms with Gasteiger partial charge in [0.05, 0.1) is 0 Å². The van der Waals surface area contributed by atoms with Crippen LogP contribution >= 0.6 is 11.3 Å². The summed E-state index contributed by atoms with van der Waals surface area (Å²) in [7, 11) is 3.75. The molecule has 94 valence electrons. The maximum absolute atomic E-state index is 12.0. The first-order valence-electron chi connectivity index (χ1n) is 5.31. The molecule has 7 heteroatoms. The van der Waals surface area contributed by atoms with Crippen molar-refractivity contribution in [3.8, 4) is 0 Å². The van der Waals surface area contributed by atoms with Gasteiger partial charge >= 0.3 is 0 Å². The lowest BCUT2D eigenvalue weighted by atomic mass is 10.2. The molecule has 2 aromatic heterocycles. The van der Waals surface area contributed by atoms with Gasteiger partial charge in [0.15, 0.2) is 0 Å². The second-order valence-electron chi connectivity index (χ2n) is 3.88. The van der Waals surface area contributed by atoms with Crippen molar-refractivity contribution in [1.82, 2.24) is 15.2 Å². The monoisotopic (exact) mass is 263 g/mol. The number of pyridine rings is 1. The molecule has 0 saturated heterocycles. The van der Waals surface area contributed by atoms with Crippen molar-refractivity contribution in [3.63, 3.8) is 0 Å². The van der Waals surface area contributed by atoms with Crippen molar-refractivity contribution >= 4 is 28.2 Å². The van der Waals surface area contributed by atoms with Crippen molar-refractivity contribution in [2.24, 2.45) is 0 Å². The van der Waals surface area contributed by atoms with Gasteiger partial charge in [0.1, 0.15) is 10.8 Å². The molecule has 0 spiro atoms. The summed E-state index contributed by atoms with van der Waals surface area (Å²) in [4.78, 5) is 18.0. The lowest BCUT2D eigenvalue weighted by Crippen LogP contribution is -2.15. The largest absolute Gasteiger partial charge is 0.363 e. The van der Waals surface area contributed by atoms with Gasteiger partial charge in [-0.2, -0.15) is 0 Å². The van der Waals surface area contributed by atoms with Gasteiger partial charge < -0.3 is 4.90 Å². The molecule has 0 fully saturated rings. The Labute approximate surface area is 109 Å². The lowest BCUT2D eigenvalue weighted by Gasteiger charge is -2.11. The van der Waals surface area contributed by atoms with Crippen molar-refractivity contribution in [1.29, 1.82) is 0 Å². The average molecular weight is 263 g/mol. The fourth-order valence-corrected chi connectivity index (χ4v) is 1.91. The molecule has 0 atom stereocenters. The topological polar surface area (TPSA) is 71.0 Å². The molecule has 0 aliphatic carbocycles. The highest BCUT2D eigenvalue weighted by Gasteiger charge is 2.10. The van der Waals surface area contributed by atoms with Gasteiger partial charge in [-0.25, -0.2) is 4.98 Å². The Morgan fingerprint density at radius 3 is 2.78 bits per heavy atom. The summed E-state index contributed by atoms with van der Waals surface area (Å²) in [5, 5.41) is 11.7. The van der Waals surface area contributed by atoms with Gasteiger partial charge in [-0.05, 0) is 19.1 Å². The molecule has 18 heavy (non-hydrogen) atoms. The highest BCUT2D eigenvalue weighted by atomic mass is 32.1. The van der Waals surface area contributed by atoms with E-state index in [9.17, 15) is 4.79 Å². The van der Waals surface area contributed by atoms with Crippen molar-refractivity contribution in [2.75, 3.05) is 24.3 Å². The molecular formula is C11H13N5OS. The molecule has 0 aliphatic heterocycles. The molecule has 0 radical (unpaired) electrons. The van der Waals surface area contributed by atoms with E-state index in [1.54, 1.807) is 18.3 Å². The number of anilines is 2. The third-order valence-electron chi connectivity index (χ3n) is 2.21. The molecule has 0 bridgehead atoms. The summed E-state index contributed by atoms with van der Waals surface area (Å²) in [6.07, 6.45) is 1.61. The van der Waals surface area contributed by atoms with Crippen LogP contribution in [0, 0.1) is 6.92 Å². The Hall–Kier alpha value is -2.02. The van der Waals surface area contributed by atoms with Crippen molar-refractivity contribution in [3.05, 3.63) is 28.9 Å². The van der Waals surface area contributed by atoms with Crippen LogP contribution in [0.1, 0.15) is 15.4 Å². The summed E-state index contributed by atoms with van der Waals surface area (Å²) < 4.78 is 0. The van der Waals surface area contributed by atoms with E-state index < -0.39 is 0 Å². The van der Waals surface area contributed by atoms with E-state index in [1.165, 1.54) is 11.3 Å². The van der Waals surface area contributed by atoms with Crippen LogP contribution in [0.25, 0.3) is 0 Å². The number of aromatic nitrogens is 3. The van der Waals surface area contributed by atoms with Gasteiger partial charge in [0.2, 0.25) is 5.13 Å². The first-order valence-corrected chi connectivity index (χ1v) is 6.13. The molecule has 1 amide bonds. The molecule has 0 aliphatic rings. The summed E-state index contributed by atoms with van der Waals surface area (Å²) in [5.74, 6) is 0.521. The lowest BCUT2D eigenvalue weighted by molar-refractivity contribution is 0.102. The van der Waals surface area contributed by atoms with E-state index in [-0.39, 0.29) is 5.91 Å². The van der Waals surface area contributed by atoms with E-state index in [4.69, 9.17) is 0 Å². The molecule has 0 saturated carbocycles. The zero-order valence-corrected chi connectivity index (χ0v) is 11.2. The Balaban J connectivity index is 2.16. The van der Waals surface area contributed by atoms with Gasteiger partial charge in [-0.1, -0.05) is 11.3 Å². The fraction of sp³-hybridized carbons (Fsp3) is 0.273. The van der Waals surface area contributed by atoms with Crippen LogP contribution < -0.4 is 10.2 Å². The van der Waals surface area contributed by atoms with Crippen LogP contribution in [-0.4, -0.2) is 35.2 Å². The highest BCUT2D eigenvalue weighted by Crippen LogP contribution is 2.16. The molecule has 6 nitrogen and oxygen atoms in total. The second-order valence-corrected chi connectivity index (χ2v) is 5.06. The molecule has 2 aromatic rings. The number of nitrogens with zero attached hydrogens (tertiary/aromatic N) is 4. The molecular weight excluding hydrogens is 250 g/mol. The first-order chi connectivity index (χ1) is 8.56. The second kappa shape index (κ2) is 5.09. The van der Waals surface area contributed by atoms with Gasteiger partial charge in [0, 0.05) is 25.9 Å². The van der Waals surface area contributed by atoms with Crippen LogP contribution in [-0.2, 0) is 0 Å². The number of nitrogens with one attached hydrogen (secondary N) is 1. The number of aryl methyl sites for hydroxylation is 1. The molecule has 2 heterocycles. The minimum Gasteiger partial charge on any atom is -0.363 e. The predicted octanol–water partition coefficient (Wildman–Crippen LogP) is 1.56. The maximum Gasteiger partial charge on any atom is 0.257 e. The van der Waals surface area contributed by atoms with Crippen molar-refractivity contribution in [2.45, 2.75) is 6.92 Å². The van der Waals surface area contributed by atoms with Crippen molar-refractivity contribution < 1.29 is 4.79 Å². The Morgan fingerprint density at radius 2 is 2.17 bits per heavy atom. The van der Waals surface area contributed by atoms with E-state index in [2.05, 4.69) is 20.5 Å². The SMILES string of the molecule is Cc1nnc(NC(=O)c2ccnc(N(C)C)c2)s1. The molecule has 0 aromatic carbocycles. The predicted molar refractivity (Wildman–Crippen MR) is 71.2 cm³/mol. The molecule has 1 N–H and O–H groups in total. The number of hydrogen-bond acceptors (Lipinski definition) is 6. The number of carbonyl (C=O) groups is 1. The highest BCUT2D eigenvalue weighted by molar-refractivity contribution is 7.15. The third-order valence-corrected chi connectivity index (χ3v) is 2.97. The molecule has 0 unspecified atom stereocenters. The Bertz CT molecular complexity index is 566. The minimum atomic E-state index is -0.211. The minimum absolute atomic E-state index is 0.211. The maximum atomic E-state index is 12.0. The summed E-state index contributed by atoms with van der Waals surface area (Å²) >= 11 is 1.34. The number of rotatable bonds is 3. The van der Waals surface area contributed by atoms with Gasteiger partial charge in [-0.15, -0.1) is 10.2 Å². The number of carbonyl (C=O) groups excluding carboxylic acids is 1. The summed E-state index contributed by atoms with van der Waals surface area (Å²) in [6, 6.07) is 3.39. The summed E-state index contributed by atoms with van der Waals surface area (Å²) in [6.45, 7) is 1.84. The first kappa shape index (κ1) is 12.4. The Kier molecular flexibility index (Phi) is 3.52. The fourth-order valence-electron chi connectivity index (χ4n) is 1.32. The van der Waals surface area contributed by atoms with Crippen LogP contribution in [0.2, 0.25) is 0 Å². The molecule has 2 rings (SSSR count). The van der Waals surface area contributed by atoms with E-state index in [0.29, 0.717) is 10.7 Å². The van der Waals surface area contributed by atoms with Crippen LogP contribution in [0.15, 0.2) is 18.3 Å². The van der Waals surface area contributed by atoms with Crippen LogP contribution in [0.5, 0.6) is 0 Å². The average Bonchev–Trinajstić information content (AvgIpc) is 2.75. The summed E-state index contributed by atoms with van der Waals surface area (Å²) in [5.41, 5.74) is 0.543. The van der Waals surface area contributed by atoms with E-state index in [1.807, 2.05) is 25.9 Å². The number of amides is 1. The third kappa shape index (κ3) is 2.80. The van der Waals surface area contributed by atoms with E-state index >= 15 is 0 Å². The standard InChI is InChI=1S/C11H13N5OS/c1-7-14-15-11(18-7)13-10(17)8-4-5-12-9(6-8)16(2)3/h4-6H,1-3H3,(H,13,15,17). The van der Waals surface area contributed by atoms with Gasteiger partial charge in [-0.3, -0.25) is 10.1 Å². The van der Waals surface area contributed by atoms with Crippen LogP contribution in [0.4, 0.5) is 10.9 Å². The quantitative estimate of drug-likeness (QED) is 0.910. The smallest absolute Gasteiger partial charge is 0.257 e.